The van der Waals surface area contributed by atoms with Gasteiger partial charge in [0.2, 0.25) is 11.8 Å². The summed E-state index contributed by atoms with van der Waals surface area (Å²) in [7, 11) is -1.80. The minimum atomic E-state index is -1.99. The van der Waals surface area contributed by atoms with Crippen molar-refractivity contribution < 1.29 is 38.7 Å². The number of aliphatic hydroxyl groups is 1. The zero-order valence-electron chi connectivity index (χ0n) is 20.7. The molecule has 3 fully saturated rings. The lowest BCUT2D eigenvalue weighted by Gasteiger charge is -2.49. The number of anilines is 1. The fraction of sp³-hybridized carbons (Fsp3) is 0.385. The molecule has 3 heterocycles. The Kier molecular flexibility index (Phi) is 6.60. The van der Waals surface area contributed by atoms with E-state index < -0.39 is 70.8 Å². The monoisotopic (exact) mass is 650 g/mol. The van der Waals surface area contributed by atoms with Crippen LogP contribution < -0.4 is 10.4 Å². The van der Waals surface area contributed by atoms with Crippen LogP contribution in [-0.4, -0.2) is 66.0 Å². The number of furan rings is 1. The summed E-state index contributed by atoms with van der Waals surface area (Å²) in [5.41, 5.74) is 0.714. The van der Waals surface area contributed by atoms with Gasteiger partial charge in [0.15, 0.2) is 9.75 Å². The van der Waals surface area contributed by atoms with Gasteiger partial charge in [0.1, 0.15) is 18.1 Å². The summed E-state index contributed by atoms with van der Waals surface area (Å²) in [6.45, 7) is -0.412. The van der Waals surface area contributed by atoms with Gasteiger partial charge in [-0.2, -0.15) is 0 Å². The first-order chi connectivity index (χ1) is 19.0. The number of fused-ring (bicyclic) bond motifs is 4. The quantitative estimate of drug-likeness (QED) is 0.144. The molecule has 6 unspecified atom stereocenters. The molecule has 2 aliphatic carbocycles. The molecule has 6 atom stereocenters. The van der Waals surface area contributed by atoms with Gasteiger partial charge in [-0.1, -0.05) is 39.7 Å². The number of allylic oxidation sites excluding steroid dienone is 2. The van der Waals surface area contributed by atoms with Gasteiger partial charge < -0.3 is 19.6 Å². The van der Waals surface area contributed by atoms with Crippen LogP contribution in [0.2, 0.25) is 0 Å². The van der Waals surface area contributed by atoms with Crippen molar-refractivity contribution >= 4 is 81.0 Å². The Hall–Kier alpha value is -2.48. The molecule has 2 aliphatic heterocycles. The predicted octanol–water partition coefficient (Wildman–Crippen LogP) is 1.37. The van der Waals surface area contributed by atoms with Crippen LogP contribution in [0.25, 0.3) is 0 Å². The van der Waals surface area contributed by atoms with Crippen LogP contribution in [0.4, 0.5) is 5.69 Å². The second-order valence-corrected chi connectivity index (χ2v) is 12.2. The van der Waals surface area contributed by atoms with Crippen LogP contribution in [0.1, 0.15) is 30.3 Å². The first-order valence-electron chi connectivity index (χ1n) is 12.5. The predicted molar refractivity (Wildman–Crippen MR) is 147 cm³/mol. The van der Waals surface area contributed by atoms with Crippen molar-refractivity contribution in [3.05, 3.63) is 59.6 Å². The second kappa shape index (κ2) is 9.54. The number of carbonyl (C=O) groups excluding carboxylic acids is 4. The summed E-state index contributed by atoms with van der Waals surface area (Å²) >= 11 is 17.4. The molecule has 1 saturated carbocycles. The average Bonchev–Trinajstić information content (AvgIpc) is 3.55. The lowest BCUT2D eigenvalue weighted by Crippen LogP contribution is -2.60. The number of halogens is 3. The summed E-state index contributed by atoms with van der Waals surface area (Å²) in [4.78, 5) is 52.9. The molecule has 0 bridgehead atoms. The van der Waals surface area contributed by atoms with E-state index in [1.54, 1.807) is 12.1 Å². The topological polar surface area (TPSA) is 149 Å². The van der Waals surface area contributed by atoms with E-state index in [-0.39, 0.29) is 41.0 Å². The molecular weight excluding hydrogens is 630 g/mol. The molecule has 2 saturated heterocycles. The second-order valence-electron chi connectivity index (χ2n) is 10.4. The maximum Gasteiger partial charge on any atom is 0.488 e. The maximum absolute atomic E-state index is 14.0. The van der Waals surface area contributed by atoms with Crippen LogP contribution in [0, 0.1) is 17.8 Å². The van der Waals surface area contributed by atoms with E-state index in [2.05, 4.69) is 15.9 Å². The van der Waals surface area contributed by atoms with Crippen molar-refractivity contribution in [2.24, 2.45) is 17.8 Å². The Balaban J connectivity index is 1.48. The maximum atomic E-state index is 14.0. The molecule has 14 heteroatoms. The number of amides is 4. The number of hydrogen-bond donors (Lipinski definition) is 3. The van der Waals surface area contributed by atoms with E-state index in [0.717, 1.165) is 9.80 Å². The third-order valence-corrected chi connectivity index (χ3v) is 10.5. The molecule has 4 amide bonds. The van der Waals surface area contributed by atoms with E-state index in [4.69, 9.17) is 27.6 Å². The molecule has 10 nitrogen and oxygen atoms in total. The molecule has 6 rings (SSSR count). The molecule has 40 heavy (non-hydrogen) atoms. The van der Waals surface area contributed by atoms with Crippen molar-refractivity contribution in [3.63, 3.8) is 0 Å². The number of hydrogen-bond acceptors (Lipinski definition) is 8. The highest BCUT2D eigenvalue weighted by atomic mass is 79.9. The number of alkyl halides is 3. The van der Waals surface area contributed by atoms with Gasteiger partial charge in [0.05, 0.1) is 28.9 Å². The molecule has 0 radical (unpaired) electrons. The Morgan fingerprint density at radius 2 is 1.80 bits per heavy atom. The number of imide groups is 2. The molecule has 2 aromatic rings. The molecule has 1 aromatic heterocycles. The number of aliphatic hydroxyl groups excluding tert-OH is 1. The fourth-order valence-corrected chi connectivity index (χ4v) is 8.19. The minimum Gasteiger partial charge on any atom is -0.463 e. The van der Waals surface area contributed by atoms with E-state index in [1.807, 2.05) is 0 Å². The van der Waals surface area contributed by atoms with Gasteiger partial charge in [-0.15, -0.1) is 23.2 Å². The summed E-state index contributed by atoms with van der Waals surface area (Å²) in [5, 5.41) is 28.8. The smallest absolute Gasteiger partial charge is 0.463 e. The number of carbonyl (C=O) groups is 4. The standard InChI is InChI=1S/C26H22BBrCl2N2O8/c28-11-31-23(36)25(29)9-17-15(20(26(25,30)24(31)37)18-7-4-14(10-33)40-18)5-6-16-19(17)22(35)32(21(16)34)13-3-1-2-12(8-13)27(38)39/h1-5,7-8,16-17,19-20,33,38-39H,6,9-11H2. The summed E-state index contributed by atoms with van der Waals surface area (Å²) < 4.78 is 5.84. The van der Waals surface area contributed by atoms with Gasteiger partial charge >= 0.3 is 7.12 Å². The molecule has 1 aromatic carbocycles. The molecule has 208 valence electrons. The van der Waals surface area contributed by atoms with Gasteiger partial charge in [0.25, 0.3) is 11.8 Å². The van der Waals surface area contributed by atoms with E-state index >= 15 is 0 Å². The Labute approximate surface area is 246 Å². The van der Waals surface area contributed by atoms with Crippen LogP contribution >= 0.6 is 39.1 Å². The molecule has 3 N–H and O–H groups in total. The van der Waals surface area contributed by atoms with Gasteiger partial charge in [0, 0.05) is 0 Å². The van der Waals surface area contributed by atoms with Crippen LogP contribution in [-0.2, 0) is 25.8 Å². The van der Waals surface area contributed by atoms with Gasteiger partial charge in [-0.3, -0.25) is 29.0 Å². The molecule has 4 aliphatic rings. The summed E-state index contributed by atoms with van der Waals surface area (Å²) in [6.07, 6.45) is 1.76. The zero-order chi connectivity index (χ0) is 28.7. The lowest BCUT2D eigenvalue weighted by atomic mass is 9.57. The van der Waals surface area contributed by atoms with Crippen molar-refractivity contribution in [1.82, 2.24) is 4.90 Å². The zero-order valence-corrected chi connectivity index (χ0v) is 23.8. The normalized spacial score (nSPS) is 33.2. The summed E-state index contributed by atoms with van der Waals surface area (Å²) in [6, 6.07) is 8.93. The first kappa shape index (κ1) is 27.7. The Morgan fingerprint density at radius 1 is 1.05 bits per heavy atom. The van der Waals surface area contributed by atoms with Crippen molar-refractivity contribution in [3.8, 4) is 0 Å². The van der Waals surface area contributed by atoms with E-state index in [1.165, 1.54) is 30.3 Å². The van der Waals surface area contributed by atoms with E-state index in [0.29, 0.717) is 5.57 Å². The minimum absolute atomic E-state index is 0.110. The number of nitrogens with zero attached hydrogens (tertiary/aromatic N) is 2. The highest BCUT2D eigenvalue weighted by Gasteiger charge is 2.76. The third kappa shape index (κ3) is 3.53. The van der Waals surface area contributed by atoms with Gasteiger partial charge in [-0.25, -0.2) is 0 Å². The SMILES string of the molecule is O=C1C2CC=C3C(CC4(Cl)C(=O)N(CBr)C(=O)C4(Cl)C3c3ccc(CO)o3)C2C(=O)N1c1cccc(B(O)O)c1. The Morgan fingerprint density at radius 3 is 2.45 bits per heavy atom. The molecular formula is C26H22BBrCl2N2O8. The largest absolute Gasteiger partial charge is 0.488 e. The highest BCUT2D eigenvalue weighted by Crippen LogP contribution is 2.65. The molecule has 0 spiro atoms. The third-order valence-electron chi connectivity index (χ3n) is 8.56. The number of benzene rings is 1. The fourth-order valence-electron chi connectivity index (χ4n) is 6.78. The van der Waals surface area contributed by atoms with Crippen LogP contribution in [0.3, 0.4) is 0 Å². The van der Waals surface area contributed by atoms with Crippen LogP contribution in [0.15, 0.2) is 52.5 Å². The average molecular weight is 652 g/mol. The van der Waals surface area contributed by atoms with E-state index in [9.17, 15) is 34.3 Å². The highest BCUT2D eigenvalue weighted by molar-refractivity contribution is 9.09. The van der Waals surface area contributed by atoms with Crippen molar-refractivity contribution in [2.45, 2.75) is 35.1 Å². The summed E-state index contributed by atoms with van der Waals surface area (Å²) in [5.74, 6) is -5.49. The Bertz CT molecular complexity index is 1500. The van der Waals surface area contributed by atoms with Crippen molar-refractivity contribution in [2.75, 3.05) is 10.4 Å². The number of likely N-dealkylation sites (tertiary alicyclic amines) is 1. The first-order valence-corrected chi connectivity index (χ1v) is 14.4. The van der Waals surface area contributed by atoms with Gasteiger partial charge in [-0.05, 0) is 48.5 Å². The van der Waals surface area contributed by atoms with Crippen molar-refractivity contribution in [1.29, 1.82) is 0 Å². The number of rotatable bonds is 5. The van der Waals surface area contributed by atoms with Crippen LogP contribution in [0.5, 0.6) is 0 Å². The lowest BCUT2D eigenvalue weighted by molar-refractivity contribution is -0.138.